The highest BCUT2D eigenvalue weighted by atomic mass is 14.4. The van der Waals surface area contributed by atoms with Crippen molar-refractivity contribution in [1.29, 1.82) is 10.5 Å². The number of hydrogen-bond donors (Lipinski definition) is 0. The van der Waals surface area contributed by atoms with Gasteiger partial charge in [0.05, 0.1) is 12.1 Å². The fourth-order valence-electron chi connectivity index (χ4n) is 4.31. The van der Waals surface area contributed by atoms with Crippen molar-refractivity contribution in [1.82, 2.24) is 0 Å². The summed E-state index contributed by atoms with van der Waals surface area (Å²) in [6.07, 6.45) is 4.12. The Hall–Kier alpha value is -4.92. The van der Waals surface area contributed by atoms with Gasteiger partial charge in [-0.2, -0.15) is 10.5 Å². The second-order valence-electron chi connectivity index (χ2n) is 8.45. The molecule has 0 heterocycles. The van der Waals surface area contributed by atoms with Crippen LogP contribution in [0.3, 0.4) is 0 Å². The van der Waals surface area contributed by atoms with Crippen molar-refractivity contribution >= 4 is 11.1 Å². The maximum absolute atomic E-state index is 9.98. The van der Waals surface area contributed by atoms with Crippen LogP contribution in [0.2, 0.25) is 0 Å². The van der Waals surface area contributed by atoms with Crippen LogP contribution in [0.15, 0.2) is 146 Å². The number of allylic oxidation sites excluding steroid dienone is 4. The van der Waals surface area contributed by atoms with Gasteiger partial charge in [-0.15, -0.1) is 0 Å². The molecule has 0 amide bonds. The van der Waals surface area contributed by atoms with Gasteiger partial charge < -0.3 is 0 Å². The van der Waals surface area contributed by atoms with Gasteiger partial charge in [0.15, 0.2) is 0 Å². The number of benzene rings is 4. The molecule has 1 atom stereocenters. The van der Waals surface area contributed by atoms with Crippen LogP contribution in [-0.2, 0) is 0 Å². The molecular formula is C34H26N2. The molecule has 0 bridgehead atoms. The van der Waals surface area contributed by atoms with Crippen LogP contribution in [0.4, 0.5) is 0 Å². The molecule has 0 N–H and O–H groups in total. The summed E-state index contributed by atoms with van der Waals surface area (Å²) in [7, 11) is 0. The van der Waals surface area contributed by atoms with E-state index in [-0.39, 0.29) is 0 Å². The standard InChI is InChI=1S/C34H26N2/c1-26(27-14-6-2-7-15-27)22-31(34(32(24-35)25-36)30-20-12-5-13-21-30)23-33(28-16-8-3-9-17-28)29-18-10-4-11-19-29/h2-23,32,34H,1H2/b31-22-. The molecule has 0 aliphatic carbocycles. The van der Waals surface area contributed by atoms with Crippen molar-refractivity contribution < 1.29 is 0 Å². The van der Waals surface area contributed by atoms with Crippen molar-refractivity contribution in [2.45, 2.75) is 5.92 Å². The fraction of sp³-hybridized carbons (Fsp3) is 0.0588. The van der Waals surface area contributed by atoms with Crippen LogP contribution in [0.25, 0.3) is 11.1 Å². The minimum Gasteiger partial charge on any atom is -0.197 e. The maximum Gasteiger partial charge on any atom is 0.144 e. The average Bonchev–Trinajstić information content (AvgIpc) is 2.96. The van der Waals surface area contributed by atoms with E-state index in [0.717, 1.165) is 39.0 Å². The highest BCUT2D eigenvalue weighted by Crippen LogP contribution is 2.37. The minimum absolute atomic E-state index is 0.455. The number of nitriles is 2. The minimum atomic E-state index is -0.869. The number of nitrogens with zero attached hydrogens (tertiary/aromatic N) is 2. The molecule has 0 fully saturated rings. The highest BCUT2D eigenvalue weighted by molar-refractivity contribution is 5.83. The first-order valence-corrected chi connectivity index (χ1v) is 11.8. The van der Waals surface area contributed by atoms with Gasteiger partial charge in [0.25, 0.3) is 0 Å². The summed E-state index contributed by atoms with van der Waals surface area (Å²) in [6.45, 7) is 4.33. The topological polar surface area (TPSA) is 47.6 Å². The molecule has 0 aliphatic rings. The molecule has 0 saturated carbocycles. The molecule has 0 saturated heterocycles. The molecule has 172 valence electrons. The number of rotatable bonds is 8. The third kappa shape index (κ3) is 5.76. The zero-order chi connectivity index (χ0) is 25.2. The lowest BCUT2D eigenvalue weighted by atomic mass is 9.79. The third-order valence-electron chi connectivity index (χ3n) is 6.10. The molecular weight excluding hydrogens is 436 g/mol. The molecule has 0 radical (unpaired) electrons. The monoisotopic (exact) mass is 462 g/mol. The molecule has 0 spiro atoms. The van der Waals surface area contributed by atoms with Crippen molar-refractivity contribution in [3.05, 3.63) is 168 Å². The largest absolute Gasteiger partial charge is 0.197 e. The first-order chi connectivity index (χ1) is 17.7. The van der Waals surface area contributed by atoms with Crippen LogP contribution in [-0.4, -0.2) is 0 Å². The van der Waals surface area contributed by atoms with Gasteiger partial charge in [-0.05, 0) is 45.0 Å². The summed E-state index contributed by atoms with van der Waals surface area (Å²) >= 11 is 0. The van der Waals surface area contributed by atoms with E-state index in [0.29, 0.717) is 0 Å². The van der Waals surface area contributed by atoms with Gasteiger partial charge in [-0.25, -0.2) is 0 Å². The Kier molecular flexibility index (Phi) is 8.06. The zero-order valence-corrected chi connectivity index (χ0v) is 20.0. The fourth-order valence-corrected chi connectivity index (χ4v) is 4.31. The number of hydrogen-bond acceptors (Lipinski definition) is 2. The van der Waals surface area contributed by atoms with E-state index in [1.807, 2.05) is 103 Å². The Bertz CT molecular complexity index is 1380. The smallest absolute Gasteiger partial charge is 0.144 e. The first kappa shape index (κ1) is 24.2. The van der Waals surface area contributed by atoms with Gasteiger partial charge in [0, 0.05) is 5.92 Å². The van der Waals surface area contributed by atoms with Gasteiger partial charge >= 0.3 is 0 Å². The lowest BCUT2D eigenvalue weighted by Gasteiger charge is -2.22. The summed E-state index contributed by atoms with van der Waals surface area (Å²) in [5.41, 5.74) is 6.69. The van der Waals surface area contributed by atoms with E-state index in [1.165, 1.54) is 0 Å². The molecule has 4 rings (SSSR count). The zero-order valence-electron chi connectivity index (χ0n) is 20.0. The quantitative estimate of drug-likeness (QED) is 0.248. The Labute approximate surface area is 213 Å². The molecule has 0 aromatic heterocycles. The Morgan fingerprint density at radius 1 is 0.583 bits per heavy atom. The van der Waals surface area contributed by atoms with E-state index in [1.54, 1.807) is 0 Å². The second kappa shape index (κ2) is 12.0. The molecule has 36 heavy (non-hydrogen) atoms. The van der Waals surface area contributed by atoms with E-state index >= 15 is 0 Å². The van der Waals surface area contributed by atoms with Crippen LogP contribution >= 0.6 is 0 Å². The van der Waals surface area contributed by atoms with E-state index in [4.69, 9.17) is 0 Å². The van der Waals surface area contributed by atoms with Gasteiger partial charge in [0.1, 0.15) is 5.92 Å². The Morgan fingerprint density at radius 3 is 1.44 bits per heavy atom. The van der Waals surface area contributed by atoms with Crippen molar-refractivity contribution in [3.63, 3.8) is 0 Å². The summed E-state index contributed by atoms with van der Waals surface area (Å²) in [4.78, 5) is 0. The maximum atomic E-state index is 9.98. The Balaban J connectivity index is 1.98. The van der Waals surface area contributed by atoms with Crippen molar-refractivity contribution in [2.24, 2.45) is 5.92 Å². The lowest BCUT2D eigenvalue weighted by Crippen LogP contribution is -2.12. The van der Waals surface area contributed by atoms with Crippen LogP contribution in [0.1, 0.15) is 28.2 Å². The van der Waals surface area contributed by atoms with Crippen molar-refractivity contribution in [2.75, 3.05) is 0 Å². The molecule has 2 heteroatoms. The molecule has 1 unspecified atom stereocenters. The summed E-state index contributed by atoms with van der Waals surface area (Å²) in [5, 5.41) is 20.0. The normalized spacial score (nSPS) is 11.7. The van der Waals surface area contributed by atoms with E-state index in [9.17, 15) is 10.5 Å². The van der Waals surface area contributed by atoms with Crippen LogP contribution in [0.5, 0.6) is 0 Å². The molecule has 4 aromatic rings. The third-order valence-corrected chi connectivity index (χ3v) is 6.10. The van der Waals surface area contributed by atoms with Crippen molar-refractivity contribution in [3.8, 4) is 12.1 Å². The van der Waals surface area contributed by atoms with Crippen LogP contribution < -0.4 is 0 Å². The van der Waals surface area contributed by atoms with Gasteiger partial charge in [-0.1, -0.05) is 134 Å². The van der Waals surface area contributed by atoms with Gasteiger partial charge in [-0.3, -0.25) is 0 Å². The van der Waals surface area contributed by atoms with Gasteiger partial charge in [0.2, 0.25) is 0 Å². The first-order valence-electron chi connectivity index (χ1n) is 11.8. The second-order valence-corrected chi connectivity index (χ2v) is 8.45. The molecule has 0 aliphatic heterocycles. The Morgan fingerprint density at radius 2 is 1.00 bits per heavy atom. The average molecular weight is 463 g/mol. The predicted molar refractivity (Wildman–Crippen MR) is 147 cm³/mol. The van der Waals surface area contributed by atoms with Crippen LogP contribution in [0, 0.1) is 28.6 Å². The predicted octanol–water partition coefficient (Wildman–Crippen LogP) is 8.21. The highest BCUT2D eigenvalue weighted by Gasteiger charge is 2.27. The summed E-state index contributed by atoms with van der Waals surface area (Å²) in [5.74, 6) is -1.32. The SMILES string of the molecule is C=C(/C=C(/C=C(c1ccccc1)c1ccccc1)C(c1ccccc1)C(C#N)C#N)c1ccccc1. The molecule has 4 aromatic carbocycles. The lowest BCUT2D eigenvalue weighted by molar-refractivity contribution is 0.709. The molecule has 2 nitrogen and oxygen atoms in total. The van der Waals surface area contributed by atoms with E-state index in [2.05, 4.69) is 49.1 Å². The summed E-state index contributed by atoms with van der Waals surface area (Å²) in [6, 6.07) is 44.5. The van der Waals surface area contributed by atoms with E-state index < -0.39 is 11.8 Å². The summed E-state index contributed by atoms with van der Waals surface area (Å²) < 4.78 is 0.